The lowest BCUT2D eigenvalue weighted by Crippen LogP contribution is -2.22. The van der Waals surface area contributed by atoms with Gasteiger partial charge < -0.3 is 13.9 Å². The minimum atomic E-state index is -0.565. The van der Waals surface area contributed by atoms with Crippen molar-refractivity contribution in [2.75, 3.05) is 0 Å². The predicted molar refractivity (Wildman–Crippen MR) is 93.3 cm³/mol. The third-order valence-corrected chi connectivity index (χ3v) is 3.86. The molecular weight excluding hydrogens is 376 g/mol. The number of rotatable bonds is 4. The number of fused-ring (bicyclic) bond motifs is 1. The number of furan rings is 1. The van der Waals surface area contributed by atoms with E-state index in [0.29, 0.717) is 11.3 Å². The Morgan fingerprint density at radius 1 is 1.25 bits per heavy atom. The summed E-state index contributed by atoms with van der Waals surface area (Å²) in [5, 5.41) is 0.847. The van der Waals surface area contributed by atoms with Crippen LogP contribution in [0.3, 0.4) is 0 Å². The molecule has 24 heavy (non-hydrogen) atoms. The monoisotopic (exact) mass is 396 g/mol. The van der Waals surface area contributed by atoms with Gasteiger partial charge in [0.15, 0.2) is 0 Å². The van der Waals surface area contributed by atoms with Crippen LogP contribution < -0.4 is 0 Å². The van der Waals surface area contributed by atoms with E-state index in [-0.39, 0.29) is 18.5 Å². The van der Waals surface area contributed by atoms with E-state index in [9.17, 15) is 9.59 Å². The first-order chi connectivity index (χ1) is 11.1. The maximum Gasteiger partial charge on any atom is 0.311 e. The smallest absolute Gasteiger partial charge is 0.311 e. The largest absolute Gasteiger partial charge is 0.458 e. The lowest BCUT2D eigenvalue weighted by Gasteiger charge is -2.15. The highest BCUT2D eigenvalue weighted by molar-refractivity contribution is 9.10. The van der Waals surface area contributed by atoms with Gasteiger partial charge in [-0.1, -0.05) is 15.9 Å². The van der Waals surface area contributed by atoms with E-state index in [4.69, 9.17) is 13.9 Å². The highest BCUT2D eigenvalue weighted by Crippen LogP contribution is 2.33. The molecule has 5 nitrogen and oxygen atoms in total. The van der Waals surface area contributed by atoms with Gasteiger partial charge in [-0.15, -0.1) is 0 Å². The number of carbonyl (C=O) groups is 2. The summed E-state index contributed by atoms with van der Waals surface area (Å²) in [5.41, 5.74) is 0.807. The molecule has 0 N–H and O–H groups in total. The quantitative estimate of drug-likeness (QED) is 0.686. The van der Waals surface area contributed by atoms with Crippen LogP contribution in [-0.2, 0) is 25.7 Å². The maximum atomic E-state index is 11.9. The molecule has 0 aliphatic carbocycles. The molecular formula is C18H21BrO5. The van der Waals surface area contributed by atoms with Crippen LogP contribution in [0.5, 0.6) is 0 Å². The molecule has 0 saturated heterocycles. The number of halogens is 1. The average molecular weight is 397 g/mol. The van der Waals surface area contributed by atoms with Gasteiger partial charge in [0.1, 0.15) is 24.1 Å². The molecule has 0 spiro atoms. The molecule has 2 rings (SSSR count). The Balaban J connectivity index is 2.29. The van der Waals surface area contributed by atoms with Crippen LogP contribution >= 0.6 is 15.9 Å². The third-order valence-electron chi connectivity index (χ3n) is 3.40. The second-order valence-electron chi connectivity index (χ2n) is 6.70. The second-order valence-corrected chi connectivity index (χ2v) is 7.62. The Bertz CT molecular complexity index is 770. The maximum absolute atomic E-state index is 11.9. The Hall–Kier alpha value is -1.82. The van der Waals surface area contributed by atoms with Crippen molar-refractivity contribution < 1.29 is 23.5 Å². The summed E-state index contributed by atoms with van der Waals surface area (Å²) in [5.74, 6) is -0.115. The molecule has 0 aliphatic heterocycles. The summed E-state index contributed by atoms with van der Waals surface area (Å²) >= 11 is 3.45. The van der Waals surface area contributed by atoms with Crippen molar-refractivity contribution in [3.8, 4) is 0 Å². The Morgan fingerprint density at radius 3 is 2.50 bits per heavy atom. The third kappa shape index (κ3) is 4.38. The van der Waals surface area contributed by atoms with Crippen LogP contribution in [-0.4, -0.2) is 11.9 Å². The Labute approximate surface area is 149 Å². The van der Waals surface area contributed by atoms with Crippen molar-refractivity contribution in [3.63, 3.8) is 0 Å². The SMILES string of the molecule is CC(=O)OC(C)c1cc(Br)cc2cc(COC(=O)C(C)(C)C)oc12. The molecule has 0 fully saturated rings. The van der Waals surface area contributed by atoms with Gasteiger partial charge in [0.2, 0.25) is 0 Å². The predicted octanol–water partition coefficient (Wildman–Crippen LogP) is 4.91. The first-order valence-electron chi connectivity index (χ1n) is 7.64. The van der Waals surface area contributed by atoms with Crippen molar-refractivity contribution in [2.24, 2.45) is 5.41 Å². The van der Waals surface area contributed by atoms with E-state index in [2.05, 4.69) is 15.9 Å². The molecule has 1 aromatic carbocycles. The zero-order chi connectivity index (χ0) is 18.1. The van der Waals surface area contributed by atoms with E-state index >= 15 is 0 Å². The summed E-state index contributed by atoms with van der Waals surface area (Å²) in [4.78, 5) is 23.1. The zero-order valence-electron chi connectivity index (χ0n) is 14.4. The minimum absolute atomic E-state index is 0.0593. The number of hydrogen-bond acceptors (Lipinski definition) is 5. The van der Waals surface area contributed by atoms with E-state index < -0.39 is 11.5 Å². The average Bonchev–Trinajstić information content (AvgIpc) is 2.84. The highest BCUT2D eigenvalue weighted by Gasteiger charge is 2.24. The van der Waals surface area contributed by atoms with E-state index in [1.807, 2.05) is 18.2 Å². The van der Waals surface area contributed by atoms with Crippen molar-refractivity contribution in [3.05, 3.63) is 34.0 Å². The van der Waals surface area contributed by atoms with Gasteiger partial charge in [0.05, 0.1) is 5.41 Å². The minimum Gasteiger partial charge on any atom is -0.458 e. The van der Waals surface area contributed by atoms with E-state index in [1.54, 1.807) is 27.7 Å². The molecule has 0 bridgehead atoms. The van der Waals surface area contributed by atoms with Gasteiger partial charge in [-0.25, -0.2) is 0 Å². The van der Waals surface area contributed by atoms with Gasteiger partial charge >= 0.3 is 11.9 Å². The van der Waals surface area contributed by atoms with Crippen LogP contribution in [0.15, 0.2) is 27.1 Å². The van der Waals surface area contributed by atoms with Gasteiger partial charge in [0.25, 0.3) is 0 Å². The fourth-order valence-electron chi connectivity index (χ4n) is 2.23. The topological polar surface area (TPSA) is 65.7 Å². The lowest BCUT2D eigenvalue weighted by molar-refractivity contribution is -0.154. The van der Waals surface area contributed by atoms with Gasteiger partial charge in [-0.2, -0.15) is 0 Å². The molecule has 0 amide bonds. The molecule has 1 atom stereocenters. The normalized spacial score (nSPS) is 12.9. The zero-order valence-corrected chi connectivity index (χ0v) is 16.0. The number of benzene rings is 1. The second kappa shape index (κ2) is 6.97. The molecule has 0 saturated carbocycles. The highest BCUT2D eigenvalue weighted by atomic mass is 79.9. The molecule has 0 aliphatic rings. The van der Waals surface area contributed by atoms with E-state index in [1.165, 1.54) is 6.92 Å². The van der Waals surface area contributed by atoms with Crippen LogP contribution in [0, 0.1) is 5.41 Å². The van der Waals surface area contributed by atoms with Crippen LogP contribution in [0.2, 0.25) is 0 Å². The first kappa shape index (κ1) is 18.5. The first-order valence-corrected chi connectivity index (χ1v) is 8.43. The molecule has 6 heteroatoms. The number of hydrogen-bond donors (Lipinski definition) is 0. The summed E-state index contributed by atoms with van der Waals surface area (Å²) in [7, 11) is 0. The summed E-state index contributed by atoms with van der Waals surface area (Å²) in [6.45, 7) is 8.59. The molecule has 1 aromatic heterocycles. The van der Waals surface area contributed by atoms with Gasteiger partial charge in [-0.3, -0.25) is 9.59 Å². The molecule has 1 heterocycles. The van der Waals surface area contributed by atoms with Gasteiger partial charge in [0, 0.05) is 22.3 Å². The fraction of sp³-hybridized carbons (Fsp3) is 0.444. The van der Waals surface area contributed by atoms with Crippen molar-refractivity contribution in [1.29, 1.82) is 0 Å². The molecule has 1 unspecified atom stereocenters. The number of carbonyl (C=O) groups excluding carboxylic acids is 2. The van der Waals surface area contributed by atoms with Crippen molar-refractivity contribution >= 4 is 38.8 Å². The van der Waals surface area contributed by atoms with Crippen LogP contribution in [0.4, 0.5) is 0 Å². The molecule has 130 valence electrons. The number of ether oxygens (including phenoxy) is 2. The standard InChI is InChI=1S/C18H21BrO5/c1-10(23-11(2)20)15-8-13(19)6-12-7-14(24-16(12)15)9-22-17(21)18(3,4)5/h6-8,10H,9H2,1-5H3. The number of esters is 2. The Kier molecular flexibility index (Phi) is 5.38. The van der Waals surface area contributed by atoms with Gasteiger partial charge in [-0.05, 0) is 45.9 Å². The van der Waals surface area contributed by atoms with Crippen molar-refractivity contribution in [2.45, 2.75) is 47.3 Å². The fourth-order valence-corrected chi connectivity index (χ4v) is 2.73. The Morgan fingerprint density at radius 2 is 1.92 bits per heavy atom. The lowest BCUT2D eigenvalue weighted by atomic mass is 9.97. The summed E-state index contributed by atoms with van der Waals surface area (Å²) in [6, 6.07) is 5.57. The van der Waals surface area contributed by atoms with E-state index in [0.717, 1.165) is 15.4 Å². The molecule has 2 aromatic rings. The van der Waals surface area contributed by atoms with Crippen LogP contribution in [0.1, 0.15) is 52.0 Å². The van der Waals surface area contributed by atoms with Crippen molar-refractivity contribution in [1.82, 2.24) is 0 Å². The molecule has 0 radical (unpaired) electrons. The summed E-state index contributed by atoms with van der Waals surface area (Å²) < 4.78 is 17.2. The van der Waals surface area contributed by atoms with Crippen LogP contribution in [0.25, 0.3) is 11.0 Å². The summed E-state index contributed by atoms with van der Waals surface area (Å²) in [6.07, 6.45) is -0.446.